The zero-order chi connectivity index (χ0) is 19.4. The summed E-state index contributed by atoms with van der Waals surface area (Å²) in [4.78, 5) is 12.7. The van der Waals surface area contributed by atoms with Crippen LogP contribution in [0.2, 0.25) is 0 Å². The molecule has 1 amide bonds. The Morgan fingerprint density at radius 3 is 2.19 bits per heavy atom. The summed E-state index contributed by atoms with van der Waals surface area (Å²) in [7, 11) is -3.48. The molecule has 144 valence electrons. The summed E-state index contributed by atoms with van der Waals surface area (Å²) in [5.41, 5.74) is 1.44. The van der Waals surface area contributed by atoms with Crippen LogP contribution in [0.1, 0.15) is 48.1 Å². The van der Waals surface area contributed by atoms with Gasteiger partial charge in [0.25, 0.3) is 5.91 Å². The van der Waals surface area contributed by atoms with Crippen molar-refractivity contribution in [3.05, 3.63) is 64.1 Å². The van der Waals surface area contributed by atoms with Gasteiger partial charge < -0.3 is 5.32 Å². The minimum atomic E-state index is -3.48. The molecule has 0 saturated carbocycles. The van der Waals surface area contributed by atoms with Crippen LogP contribution in [0.5, 0.6) is 0 Å². The third-order valence-corrected chi connectivity index (χ3v) is 7.23. The van der Waals surface area contributed by atoms with E-state index in [1.165, 1.54) is 16.4 Å². The van der Waals surface area contributed by atoms with E-state index in [-0.39, 0.29) is 16.8 Å². The molecule has 27 heavy (non-hydrogen) atoms. The quantitative estimate of drug-likeness (QED) is 0.744. The van der Waals surface area contributed by atoms with Gasteiger partial charge in [-0.2, -0.15) is 4.31 Å². The molecule has 1 atom stereocenters. The lowest BCUT2D eigenvalue weighted by molar-refractivity contribution is 0.0940. The predicted molar refractivity (Wildman–Crippen MR) is 109 cm³/mol. The van der Waals surface area contributed by atoms with Crippen molar-refractivity contribution in [3.8, 4) is 0 Å². The Morgan fingerprint density at radius 1 is 1.00 bits per heavy atom. The highest BCUT2D eigenvalue weighted by Gasteiger charge is 2.26. The number of piperidine rings is 1. The first-order chi connectivity index (χ1) is 12.9. The largest absolute Gasteiger partial charge is 0.346 e. The topological polar surface area (TPSA) is 66.5 Å². The Balaban J connectivity index is 1.69. The van der Waals surface area contributed by atoms with Crippen LogP contribution in [0, 0.1) is 0 Å². The molecule has 1 saturated heterocycles. The smallest absolute Gasteiger partial charge is 0.251 e. The molecule has 1 aliphatic heterocycles. The highest BCUT2D eigenvalue weighted by Crippen LogP contribution is 2.21. The molecule has 2 aromatic rings. The summed E-state index contributed by atoms with van der Waals surface area (Å²) in [5, 5.41) is 2.94. The van der Waals surface area contributed by atoms with Crippen LogP contribution in [-0.4, -0.2) is 31.7 Å². The molecular weight excluding hydrogens is 428 g/mol. The molecule has 2 aromatic carbocycles. The van der Waals surface area contributed by atoms with E-state index in [1.807, 2.05) is 31.2 Å². The molecule has 5 nitrogen and oxygen atoms in total. The first kappa shape index (κ1) is 20.0. The van der Waals surface area contributed by atoms with Gasteiger partial charge in [-0.1, -0.05) is 34.5 Å². The van der Waals surface area contributed by atoms with Crippen molar-refractivity contribution in [1.82, 2.24) is 9.62 Å². The molecule has 0 bridgehead atoms. The lowest BCUT2D eigenvalue weighted by Crippen LogP contribution is -2.35. The molecule has 1 unspecified atom stereocenters. The molecule has 1 fully saturated rings. The van der Waals surface area contributed by atoms with Gasteiger partial charge in [0, 0.05) is 23.1 Å². The van der Waals surface area contributed by atoms with E-state index in [0.717, 1.165) is 29.3 Å². The Hall–Kier alpha value is -1.70. The summed E-state index contributed by atoms with van der Waals surface area (Å²) in [6.07, 6.45) is 2.86. The third kappa shape index (κ3) is 4.78. The minimum Gasteiger partial charge on any atom is -0.346 e. The molecule has 1 aliphatic rings. The summed E-state index contributed by atoms with van der Waals surface area (Å²) < 4.78 is 27.9. The average molecular weight is 451 g/mol. The van der Waals surface area contributed by atoms with Crippen LogP contribution in [-0.2, 0) is 10.0 Å². The fourth-order valence-electron chi connectivity index (χ4n) is 3.15. The second-order valence-electron chi connectivity index (χ2n) is 6.74. The third-order valence-electron chi connectivity index (χ3n) is 4.79. The summed E-state index contributed by atoms with van der Waals surface area (Å²) >= 11 is 3.39. The van der Waals surface area contributed by atoms with Gasteiger partial charge in [-0.25, -0.2) is 8.42 Å². The zero-order valence-electron chi connectivity index (χ0n) is 15.2. The predicted octanol–water partition coefficient (Wildman–Crippen LogP) is 4.11. The Kier molecular flexibility index (Phi) is 6.34. The Morgan fingerprint density at radius 2 is 1.59 bits per heavy atom. The van der Waals surface area contributed by atoms with E-state index in [9.17, 15) is 13.2 Å². The van der Waals surface area contributed by atoms with Crippen LogP contribution in [0.4, 0.5) is 0 Å². The number of benzene rings is 2. The standard InChI is InChI=1S/C20H23BrN2O3S/c1-15(16-5-9-18(21)10-6-16)22-20(24)17-7-11-19(12-8-17)27(25,26)23-13-3-2-4-14-23/h5-12,15H,2-4,13-14H2,1H3,(H,22,24). The van der Waals surface area contributed by atoms with Gasteiger partial charge in [0.2, 0.25) is 10.0 Å². The maximum Gasteiger partial charge on any atom is 0.251 e. The number of rotatable bonds is 5. The number of nitrogens with one attached hydrogen (secondary N) is 1. The van der Waals surface area contributed by atoms with E-state index < -0.39 is 10.0 Å². The highest BCUT2D eigenvalue weighted by atomic mass is 79.9. The van der Waals surface area contributed by atoms with Gasteiger partial charge in [0.15, 0.2) is 0 Å². The van der Waals surface area contributed by atoms with E-state index in [1.54, 1.807) is 12.1 Å². The molecule has 0 aromatic heterocycles. The molecule has 3 rings (SSSR count). The molecule has 0 spiro atoms. The average Bonchev–Trinajstić information content (AvgIpc) is 2.69. The van der Waals surface area contributed by atoms with Crippen molar-refractivity contribution in [2.75, 3.05) is 13.1 Å². The molecule has 1 heterocycles. The zero-order valence-corrected chi connectivity index (χ0v) is 17.6. The van der Waals surface area contributed by atoms with Crippen molar-refractivity contribution in [2.45, 2.75) is 37.1 Å². The van der Waals surface area contributed by atoms with Crippen molar-refractivity contribution in [1.29, 1.82) is 0 Å². The number of halogens is 1. The van der Waals surface area contributed by atoms with Crippen molar-refractivity contribution in [3.63, 3.8) is 0 Å². The van der Waals surface area contributed by atoms with Crippen LogP contribution >= 0.6 is 15.9 Å². The van der Waals surface area contributed by atoms with Gasteiger partial charge >= 0.3 is 0 Å². The number of carbonyl (C=O) groups excluding carboxylic acids is 1. The first-order valence-electron chi connectivity index (χ1n) is 9.04. The normalized spacial score (nSPS) is 16.7. The van der Waals surface area contributed by atoms with Crippen molar-refractivity contribution >= 4 is 31.9 Å². The number of hydrogen-bond donors (Lipinski definition) is 1. The van der Waals surface area contributed by atoms with Crippen LogP contribution in [0.3, 0.4) is 0 Å². The summed E-state index contributed by atoms with van der Waals surface area (Å²) in [6.45, 7) is 3.04. The summed E-state index contributed by atoms with van der Waals surface area (Å²) in [5.74, 6) is -0.229. The van der Waals surface area contributed by atoms with Crippen LogP contribution in [0.15, 0.2) is 57.9 Å². The van der Waals surface area contributed by atoms with Crippen molar-refractivity contribution < 1.29 is 13.2 Å². The molecule has 0 aliphatic carbocycles. The van der Waals surface area contributed by atoms with Crippen molar-refractivity contribution in [2.24, 2.45) is 0 Å². The minimum absolute atomic E-state index is 0.151. The van der Waals surface area contributed by atoms with E-state index in [4.69, 9.17) is 0 Å². The molecule has 1 N–H and O–H groups in total. The maximum absolute atomic E-state index is 12.7. The maximum atomic E-state index is 12.7. The van der Waals surface area contributed by atoms with E-state index in [2.05, 4.69) is 21.2 Å². The second-order valence-corrected chi connectivity index (χ2v) is 9.59. The van der Waals surface area contributed by atoms with Gasteiger partial charge in [-0.05, 0) is 61.7 Å². The number of carbonyl (C=O) groups is 1. The van der Waals surface area contributed by atoms with Gasteiger partial charge in [-0.3, -0.25) is 4.79 Å². The molecule has 7 heteroatoms. The van der Waals surface area contributed by atoms with E-state index in [0.29, 0.717) is 18.7 Å². The number of hydrogen-bond acceptors (Lipinski definition) is 3. The molecule has 0 radical (unpaired) electrons. The van der Waals surface area contributed by atoms with Gasteiger partial charge in [0.1, 0.15) is 0 Å². The monoisotopic (exact) mass is 450 g/mol. The number of nitrogens with zero attached hydrogens (tertiary/aromatic N) is 1. The highest BCUT2D eigenvalue weighted by molar-refractivity contribution is 9.10. The second kappa shape index (κ2) is 8.54. The van der Waals surface area contributed by atoms with Crippen LogP contribution < -0.4 is 5.32 Å². The van der Waals surface area contributed by atoms with Crippen LogP contribution in [0.25, 0.3) is 0 Å². The molecular formula is C20H23BrN2O3S. The first-order valence-corrected chi connectivity index (χ1v) is 11.3. The fourth-order valence-corrected chi connectivity index (χ4v) is 4.93. The summed E-state index contributed by atoms with van der Waals surface area (Å²) in [6, 6.07) is 13.8. The fraction of sp³-hybridized carbons (Fsp3) is 0.350. The number of sulfonamides is 1. The van der Waals surface area contributed by atoms with Gasteiger partial charge in [0.05, 0.1) is 10.9 Å². The SMILES string of the molecule is CC(NC(=O)c1ccc(S(=O)(=O)N2CCCCC2)cc1)c1ccc(Br)cc1. The lowest BCUT2D eigenvalue weighted by Gasteiger charge is -2.25. The van der Waals surface area contributed by atoms with E-state index >= 15 is 0 Å². The Bertz CT molecular complexity index is 890. The van der Waals surface area contributed by atoms with Gasteiger partial charge in [-0.15, -0.1) is 0 Å². The lowest BCUT2D eigenvalue weighted by atomic mass is 10.1. The number of amides is 1. The Labute approximate surface area is 169 Å².